The van der Waals surface area contributed by atoms with Crippen molar-refractivity contribution in [3.8, 4) is 0 Å². The number of carboxylic acids is 1. The summed E-state index contributed by atoms with van der Waals surface area (Å²) in [6.07, 6.45) is -0.560. The van der Waals surface area contributed by atoms with Gasteiger partial charge in [-0.3, -0.25) is 0 Å². The zero-order chi connectivity index (χ0) is 11.3. The Bertz CT molecular complexity index is 93.0. The minimum absolute atomic E-state index is 0.139. The van der Waals surface area contributed by atoms with E-state index in [-0.39, 0.29) is 6.61 Å². The van der Waals surface area contributed by atoms with Gasteiger partial charge in [-0.15, -0.1) is 0 Å². The Morgan fingerprint density at radius 1 is 1.38 bits per heavy atom. The second kappa shape index (κ2) is 17.4. The van der Waals surface area contributed by atoms with Gasteiger partial charge >= 0.3 is 5.97 Å². The smallest absolute Gasteiger partial charge is 0.329 e. The van der Waals surface area contributed by atoms with Gasteiger partial charge in [-0.05, 0) is 6.92 Å². The molecule has 0 aromatic heterocycles. The van der Waals surface area contributed by atoms with Crippen LogP contribution in [0.3, 0.4) is 0 Å². The third-order valence-electron chi connectivity index (χ3n) is 0.399. The lowest BCUT2D eigenvalue weighted by atomic mass is 10.5. The van der Waals surface area contributed by atoms with Gasteiger partial charge in [0.05, 0.1) is 12.7 Å². The van der Waals surface area contributed by atoms with Crippen LogP contribution >= 0.6 is 0 Å². The van der Waals surface area contributed by atoms with E-state index in [0.29, 0.717) is 0 Å². The monoisotopic (exact) mass is 198 g/mol. The summed E-state index contributed by atoms with van der Waals surface area (Å²) in [6, 6.07) is 0. The second-order valence-electron chi connectivity index (χ2n) is 1.99. The molecule has 0 radical (unpaired) electrons. The molecule has 0 saturated heterocycles. The lowest BCUT2D eigenvalue weighted by Gasteiger charge is -1.90. The summed E-state index contributed by atoms with van der Waals surface area (Å²) in [6.45, 7) is 0.611. The van der Waals surface area contributed by atoms with E-state index in [4.69, 9.17) is 25.2 Å². The summed E-state index contributed by atoms with van der Waals surface area (Å²) in [5, 5.41) is 31.0. The number of ether oxygens (including phenoxy) is 1. The molecular formula is C7H18O6. The molecule has 6 heteroatoms. The van der Waals surface area contributed by atoms with Gasteiger partial charge in [0.15, 0.2) is 0 Å². The Hall–Kier alpha value is -0.690. The van der Waals surface area contributed by atoms with Crippen molar-refractivity contribution in [1.82, 2.24) is 0 Å². The molecule has 0 fully saturated rings. The van der Waals surface area contributed by atoms with Crippen molar-refractivity contribution in [2.45, 2.75) is 13.0 Å². The molecular weight excluding hydrogens is 180 g/mol. The topological polar surface area (TPSA) is 107 Å². The zero-order valence-corrected chi connectivity index (χ0v) is 8.10. The minimum atomic E-state index is -1.19. The van der Waals surface area contributed by atoms with Crippen molar-refractivity contribution in [3.05, 3.63) is 0 Å². The Kier molecular flexibility index (Phi) is 24.3. The first-order valence-electron chi connectivity index (χ1n) is 3.47. The maximum absolute atomic E-state index is 9.12. The molecule has 0 rings (SSSR count). The molecule has 0 bridgehead atoms. The van der Waals surface area contributed by atoms with Crippen molar-refractivity contribution in [1.29, 1.82) is 0 Å². The molecule has 6 nitrogen and oxygen atoms in total. The molecule has 1 unspecified atom stereocenters. The standard InChI is InChI=1S/C3H8O2.C2H4O3.C2H6O/c1-3(5)2-4;3-1-2(4)5;1-3-2/h3-5H,2H2,1H3;3H,1H2,(H,4,5);1-2H3. The highest BCUT2D eigenvalue weighted by atomic mass is 16.4. The van der Waals surface area contributed by atoms with E-state index in [9.17, 15) is 0 Å². The van der Waals surface area contributed by atoms with Crippen LogP contribution in [0, 0.1) is 0 Å². The number of rotatable bonds is 2. The second-order valence-corrected chi connectivity index (χ2v) is 1.99. The van der Waals surface area contributed by atoms with E-state index >= 15 is 0 Å². The first kappa shape index (κ1) is 18.2. The van der Waals surface area contributed by atoms with E-state index in [2.05, 4.69) is 4.74 Å². The summed E-state index contributed by atoms with van der Waals surface area (Å²) in [4.78, 5) is 9.12. The van der Waals surface area contributed by atoms with Crippen LogP contribution < -0.4 is 0 Å². The van der Waals surface area contributed by atoms with E-state index in [1.54, 1.807) is 14.2 Å². The van der Waals surface area contributed by atoms with Gasteiger partial charge in [0.1, 0.15) is 6.61 Å². The average molecular weight is 198 g/mol. The maximum atomic E-state index is 9.12. The summed E-state index contributed by atoms with van der Waals surface area (Å²) in [5.74, 6) is -1.19. The fourth-order valence-electron chi connectivity index (χ4n) is 0. The fourth-order valence-corrected chi connectivity index (χ4v) is 0. The van der Waals surface area contributed by atoms with Crippen molar-refractivity contribution in [2.75, 3.05) is 27.4 Å². The van der Waals surface area contributed by atoms with Gasteiger partial charge in [0, 0.05) is 14.2 Å². The molecule has 0 aliphatic carbocycles. The Labute approximate surface area is 77.4 Å². The highest BCUT2D eigenvalue weighted by Gasteiger charge is 1.83. The van der Waals surface area contributed by atoms with E-state index in [1.807, 2.05) is 0 Å². The summed E-state index contributed by atoms with van der Waals surface area (Å²) >= 11 is 0. The molecule has 4 N–H and O–H groups in total. The van der Waals surface area contributed by atoms with Gasteiger partial charge in [0.25, 0.3) is 0 Å². The number of methoxy groups -OCH3 is 1. The number of hydrogen-bond acceptors (Lipinski definition) is 5. The molecule has 1 atom stereocenters. The molecule has 0 heterocycles. The first-order chi connectivity index (χ1) is 5.95. The number of aliphatic carboxylic acids is 1. The predicted molar refractivity (Wildman–Crippen MR) is 46.4 cm³/mol. The molecule has 0 saturated carbocycles. The van der Waals surface area contributed by atoms with Gasteiger partial charge in [-0.25, -0.2) is 4.79 Å². The predicted octanol–water partition coefficient (Wildman–Crippen LogP) is -1.31. The fraction of sp³-hybridized carbons (Fsp3) is 0.857. The normalized spacial score (nSPS) is 10.0. The zero-order valence-electron chi connectivity index (χ0n) is 8.10. The van der Waals surface area contributed by atoms with Gasteiger partial charge in [0.2, 0.25) is 0 Å². The molecule has 0 spiro atoms. The van der Waals surface area contributed by atoms with Crippen molar-refractivity contribution >= 4 is 5.97 Å². The Balaban J connectivity index is -0.000000120. The van der Waals surface area contributed by atoms with Gasteiger partial charge < -0.3 is 25.2 Å². The Morgan fingerprint density at radius 2 is 1.54 bits per heavy atom. The highest BCUT2D eigenvalue weighted by molar-refractivity contribution is 5.67. The first-order valence-corrected chi connectivity index (χ1v) is 3.47. The van der Waals surface area contributed by atoms with Gasteiger partial charge in [-0.2, -0.15) is 0 Å². The SMILES string of the molecule is CC(O)CO.COC.O=C(O)CO. The lowest BCUT2D eigenvalue weighted by molar-refractivity contribution is -0.140. The van der Waals surface area contributed by atoms with Crippen LogP contribution in [0.2, 0.25) is 0 Å². The lowest BCUT2D eigenvalue weighted by Crippen LogP contribution is -2.03. The summed E-state index contributed by atoms with van der Waals surface area (Å²) < 4.78 is 4.25. The van der Waals surface area contributed by atoms with Crippen LogP contribution in [0.1, 0.15) is 6.92 Å². The number of carbonyl (C=O) groups is 1. The number of hydrogen-bond donors (Lipinski definition) is 4. The van der Waals surface area contributed by atoms with Crippen molar-refractivity contribution < 1.29 is 30.0 Å². The largest absolute Gasteiger partial charge is 0.480 e. The summed E-state index contributed by atoms with van der Waals surface area (Å²) in [5.41, 5.74) is 0. The Morgan fingerprint density at radius 3 is 1.54 bits per heavy atom. The highest BCUT2D eigenvalue weighted by Crippen LogP contribution is 1.68. The van der Waals surface area contributed by atoms with E-state index in [1.165, 1.54) is 6.92 Å². The number of aliphatic hydroxyl groups is 3. The molecule has 0 aromatic carbocycles. The van der Waals surface area contributed by atoms with Crippen LogP contribution in [0.4, 0.5) is 0 Å². The van der Waals surface area contributed by atoms with Gasteiger partial charge in [-0.1, -0.05) is 0 Å². The third-order valence-corrected chi connectivity index (χ3v) is 0.399. The molecule has 82 valence electrons. The van der Waals surface area contributed by atoms with E-state index in [0.717, 1.165) is 0 Å². The third kappa shape index (κ3) is 89.5. The van der Waals surface area contributed by atoms with Crippen LogP contribution in [0.5, 0.6) is 0 Å². The quantitative estimate of drug-likeness (QED) is 0.438. The minimum Gasteiger partial charge on any atom is -0.480 e. The summed E-state index contributed by atoms with van der Waals surface area (Å²) in [7, 11) is 3.25. The molecule has 0 amide bonds. The van der Waals surface area contributed by atoms with E-state index < -0.39 is 18.7 Å². The molecule has 0 aromatic rings. The molecule has 13 heavy (non-hydrogen) atoms. The molecule has 0 aliphatic heterocycles. The van der Waals surface area contributed by atoms with Crippen molar-refractivity contribution in [2.24, 2.45) is 0 Å². The van der Waals surface area contributed by atoms with Crippen molar-refractivity contribution in [3.63, 3.8) is 0 Å². The van der Waals surface area contributed by atoms with Crippen LogP contribution in [0.15, 0.2) is 0 Å². The van der Waals surface area contributed by atoms with Crippen LogP contribution in [-0.4, -0.2) is 59.9 Å². The number of carboxylic acid groups (broad SMARTS) is 1. The average Bonchev–Trinajstić information content (AvgIpc) is 2.07. The van der Waals surface area contributed by atoms with Crippen LogP contribution in [-0.2, 0) is 9.53 Å². The molecule has 0 aliphatic rings. The number of aliphatic hydroxyl groups excluding tert-OH is 3. The maximum Gasteiger partial charge on any atom is 0.329 e. The van der Waals surface area contributed by atoms with Crippen LogP contribution in [0.25, 0.3) is 0 Å².